The van der Waals surface area contributed by atoms with Crippen LogP contribution < -0.4 is 5.32 Å². The average Bonchev–Trinajstić information content (AvgIpc) is 3.31. The molecule has 2 saturated heterocycles. The Labute approximate surface area is 201 Å². The van der Waals surface area contributed by atoms with Crippen molar-refractivity contribution in [2.75, 3.05) is 46.3 Å². The minimum atomic E-state index is -3.77. The molecule has 33 heavy (non-hydrogen) atoms. The SMILES string of the molecule is CN1CCN(S(=O)(=O)c2cc(C(=O)NCc3cccc(CN4CCCC4)c3)ccc2Cl)CC1. The fourth-order valence-electron chi connectivity index (χ4n) is 4.33. The van der Waals surface area contributed by atoms with Gasteiger partial charge in [-0.3, -0.25) is 9.69 Å². The van der Waals surface area contributed by atoms with E-state index in [2.05, 4.69) is 27.2 Å². The number of sulfonamides is 1. The zero-order valence-corrected chi connectivity index (χ0v) is 20.5. The molecule has 0 aromatic heterocycles. The molecule has 0 atom stereocenters. The van der Waals surface area contributed by atoms with Gasteiger partial charge in [-0.05, 0) is 62.3 Å². The smallest absolute Gasteiger partial charge is 0.251 e. The van der Waals surface area contributed by atoms with E-state index in [4.69, 9.17) is 11.6 Å². The largest absolute Gasteiger partial charge is 0.348 e. The number of carbonyl (C=O) groups is 1. The number of nitrogens with one attached hydrogen (secondary N) is 1. The maximum atomic E-state index is 13.1. The second-order valence-corrected chi connectivity index (χ2v) is 11.2. The predicted molar refractivity (Wildman–Crippen MR) is 130 cm³/mol. The third-order valence-corrected chi connectivity index (χ3v) is 8.70. The van der Waals surface area contributed by atoms with Gasteiger partial charge in [0, 0.05) is 44.8 Å². The Morgan fingerprint density at radius 3 is 2.39 bits per heavy atom. The van der Waals surface area contributed by atoms with Crippen molar-refractivity contribution >= 4 is 27.5 Å². The lowest BCUT2D eigenvalue weighted by Gasteiger charge is -2.31. The van der Waals surface area contributed by atoms with Gasteiger partial charge in [0.05, 0.1) is 5.02 Å². The summed E-state index contributed by atoms with van der Waals surface area (Å²) in [5.74, 6) is -0.327. The molecule has 0 aliphatic carbocycles. The second-order valence-electron chi connectivity index (χ2n) is 8.84. The molecule has 1 amide bonds. The molecule has 2 heterocycles. The minimum absolute atomic E-state index is 0.0195. The number of rotatable bonds is 7. The second kappa shape index (κ2) is 10.5. The van der Waals surface area contributed by atoms with E-state index in [0.29, 0.717) is 32.7 Å². The number of carbonyl (C=O) groups excluding carboxylic acids is 1. The lowest BCUT2D eigenvalue weighted by atomic mass is 10.1. The van der Waals surface area contributed by atoms with Crippen molar-refractivity contribution in [3.05, 3.63) is 64.2 Å². The standard InChI is InChI=1S/C24H31ClN4O3S/c1-27-11-13-29(14-12-27)33(31,32)23-16-21(7-8-22(23)25)24(30)26-17-19-5-4-6-20(15-19)18-28-9-2-3-10-28/h4-8,15-16H,2-3,9-14,17-18H2,1H3,(H,26,30). The number of benzene rings is 2. The Kier molecular flexibility index (Phi) is 7.71. The molecule has 0 radical (unpaired) electrons. The van der Waals surface area contributed by atoms with Crippen LogP contribution in [0.5, 0.6) is 0 Å². The van der Waals surface area contributed by atoms with Crippen LogP contribution in [0.4, 0.5) is 0 Å². The first-order chi connectivity index (χ1) is 15.8. The van der Waals surface area contributed by atoms with E-state index in [-0.39, 0.29) is 21.4 Å². The lowest BCUT2D eigenvalue weighted by molar-refractivity contribution is 0.0950. The van der Waals surface area contributed by atoms with E-state index < -0.39 is 10.0 Å². The van der Waals surface area contributed by atoms with Crippen molar-refractivity contribution in [1.82, 2.24) is 19.4 Å². The van der Waals surface area contributed by atoms with Gasteiger partial charge in [-0.2, -0.15) is 4.31 Å². The van der Waals surface area contributed by atoms with Crippen molar-refractivity contribution in [3.63, 3.8) is 0 Å². The molecule has 0 saturated carbocycles. The summed E-state index contributed by atoms with van der Waals surface area (Å²) in [6, 6.07) is 12.6. The molecular formula is C24H31ClN4O3S. The van der Waals surface area contributed by atoms with Crippen LogP contribution in [0.3, 0.4) is 0 Å². The first-order valence-corrected chi connectivity index (χ1v) is 13.2. The molecule has 9 heteroatoms. The predicted octanol–water partition coefficient (Wildman–Crippen LogP) is 2.80. The highest BCUT2D eigenvalue weighted by molar-refractivity contribution is 7.89. The van der Waals surface area contributed by atoms with E-state index in [1.165, 1.54) is 34.8 Å². The Morgan fingerprint density at radius 2 is 1.67 bits per heavy atom. The van der Waals surface area contributed by atoms with Crippen LogP contribution in [-0.4, -0.2) is 74.7 Å². The molecule has 4 rings (SSSR count). The van der Waals surface area contributed by atoms with Gasteiger partial charge in [-0.25, -0.2) is 8.42 Å². The molecule has 2 fully saturated rings. The highest BCUT2D eigenvalue weighted by Crippen LogP contribution is 2.26. The van der Waals surface area contributed by atoms with Gasteiger partial charge >= 0.3 is 0 Å². The molecule has 2 aliphatic rings. The van der Waals surface area contributed by atoms with E-state index >= 15 is 0 Å². The number of amides is 1. The first-order valence-electron chi connectivity index (χ1n) is 11.4. The third kappa shape index (κ3) is 5.94. The summed E-state index contributed by atoms with van der Waals surface area (Å²) in [6.07, 6.45) is 2.51. The molecule has 0 bridgehead atoms. The van der Waals surface area contributed by atoms with Gasteiger partial charge in [-0.15, -0.1) is 0 Å². The highest BCUT2D eigenvalue weighted by Gasteiger charge is 2.30. The number of halogens is 1. The van der Waals surface area contributed by atoms with E-state index in [1.54, 1.807) is 6.07 Å². The van der Waals surface area contributed by atoms with Crippen molar-refractivity contribution in [2.45, 2.75) is 30.8 Å². The van der Waals surface area contributed by atoms with Crippen LogP contribution in [0, 0.1) is 0 Å². The fourth-order valence-corrected chi connectivity index (χ4v) is 6.25. The molecule has 0 unspecified atom stereocenters. The number of nitrogens with zero attached hydrogens (tertiary/aromatic N) is 3. The Morgan fingerprint density at radius 1 is 0.970 bits per heavy atom. The molecule has 7 nitrogen and oxygen atoms in total. The maximum Gasteiger partial charge on any atom is 0.251 e. The number of likely N-dealkylation sites (N-methyl/N-ethyl adjacent to an activating group) is 1. The fraction of sp³-hybridized carbons (Fsp3) is 0.458. The Balaban J connectivity index is 1.43. The van der Waals surface area contributed by atoms with Crippen molar-refractivity contribution in [2.24, 2.45) is 0 Å². The number of hydrogen-bond donors (Lipinski definition) is 1. The number of hydrogen-bond acceptors (Lipinski definition) is 5. The number of likely N-dealkylation sites (tertiary alicyclic amines) is 1. The third-order valence-electron chi connectivity index (χ3n) is 6.32. The first kappa shape index (κ1) is 24.2. The van der Waals surface area contributed by atoms with Crippen molar-refractivity contribution in [1.29, 1.82) is 0 Å². The quantitative estimate of drug-likeness (QED) is 0.646. The topological polar surface area (TPSA) is 73.0 Å². The van der Waals surface area contributed by atoms with Crippen LogP contribution in [0.1, 0.15) is 34.3 Å². The van der Waals surface area contributed by atoms with Crippen LogP contribution in [0.15, 0.2) is 47.4 Å². The molecular weight excluding hydrogens is 460 g/mol. The van der Waals surface area contributed by atoms with Crippen LogP contribution in [0.25, 0.3) is 0 Å². The Bertz CT molecular complexity index is 1090. The van der Waals surface area contributed by atoms with Crippen molar-refractivity contribution < 1.29 is 13.2 Å². The van der Waals surface area contributed by atoms with E-state index in [9.17, 15) is 13.2 Å². The van der Waals surface area contributed by atoms with Gasteiger partial charge in [0.1, 0.15) is 4.90 Å². The molecule has 2 aromatic carbocycles. The number of piperazine rings is 1. The maximum absolute atomic E-state index is 13.1. The Hall–Kier alpha value is -1.97. The lowest BCUT2D eigenvalue weighted by Crippen LogP contribution is -2.47. The average molecular weight is 491 g/mol. The van der Waals surface area contributed by atoms with Crippen LogP contribution >= 0.6 is 11.6 Å². The summed E-state index contributed by atoms with van der Waals surface area (Å²) >= 11 is 6.24. The van der Waals surface area contributed by atoms with Crippen LogP contribution in [0.2, 0.25) is 5.02 Å². The molecule has 2 aliphatic heterocycles. The molecule has 1 N–H and O–H groups in total. The van der Waals surface area contributed by atoms with Crippen LogP contribution in [-0.2, 0) is 23.1 Å². The summed E-state index contributed by atoms with van der Waals surface area (Å²) in [7, 11) is -1.80. The van der Waals surface area contributed by atoms with Gasteiger partial charge in [-0.1, -0.05) is 35.9 Å². The van der Waals surface area contributed by atoms with Gasteiger partial charge in [0.15, 0.2) is 0 Å². The van der Waals surface area contributed by atoms with Crippen molar-refractivity contribution in [3.8, 4) is 0 Å². The molecule has 0 spiro atoms. The van der Waals surface area contributed by atoms with Gasteiger partial charge < -0.3 is 10.2 Å². The van der Waals surface area contributed by atoms with Gasteiger partial charge in [0.25, 0.3) is 5.91 Å². The molecule has 2 aromatic rings. The summed E-state index contributed by atoms with van der Waals surface area (Å²) in [5, 5.41) is 3.03. The summed E-state index contributed by atoms with van der Waals surface area (Å²) in [5.41, 5.74) is 2.52. The van der Waals surface area contributed by atoms with E-state index in [1.807, 2.05) is 19.2 Å². The normalized spacial score (nSPS) is 18.5. The van der Waals surface area contributed by atoms with Gasteiger partial charge in [0.2, 0.25) is 10.0 Å². The minimum Gasteiger partial charge on any atom is -0.348 e. The molecule has 178 valence electrons. The summed E-state index contributed by atoms with van der Waals surface area (Å²) in [6.45, 7) is 5.69. The van der Waals surface area contributed by atoms with E-state index in [0.717, 1.165) is 25.2 Å². The highest BCUT2D eigenvalue weighted by atomic mass is 35.5. The summed E-state index contributed by atoms with van der Waals surface area (Å²) < 4.78 is 27.7. The zero-order valence-electron chi connectivity index (χ0n) is 19.0. The summed E-state index contributed by atoms with van der Waals surface area (Å²) in [4.78, 5) is 17.3. The zero-order chi connectivity index (χ0) is 23.4. The monoisotopic (exact) mass is 490 g/mol.